The van der Waals surface area contributed by atoms with Gasteiger partial charge in [0.1, 0.15) is 5.82 Å². The van der Waals surface area contributed by atoms with E-state index in [0.29, 0.717) is 23.0 Å². The van der Waals surface area contributed by atoms with Crippen LogP contribution < -0.4 is 5.32 Å². The summed E-state index contributed by atoms with van der Waals surface area (Å²) in [6.07, 6.45) is 6.34. The zero-order chi connectivity index (χ0) is 18.5. The molecule has 3 rings (SSSR count). The van der Waals surface area contributed by atoms with Gasteiger partial charge in [0.2, 0.25) is 0 Å². The minimum atomic E-state index is -0.393. The highest BCUT2D eigenvalue weighted by atomic mass is 35.5. The smallest absolute Gasteiger partial charge is 0.309 e. The Balaban J connectivity index is 1.56. The molecular weight excluding hydrogens is 354 g/mol. The van der Waals surface area contributed by atoms with Crippen LogP contribution >= 0.6 is 11.6 Å². The molecule has 1 aliphatic carbocycles. The second-order valence-corrected chi connectivity index (χ2v) is 6.62. The number of aromatic nitrogens is 2. The van der Waals surface area contributed by atoms with E-state index in [9.17, 15) is 9.59 Å². The van der Waals surface area contributed by atoms with Crippen molar-refractivity contribution in [2.75, 3.05) is 11.9 Å². The lowest BCUT2D eigenvalue weighted by Crippen LogP contribution is -2.25. The summed E-state index contributed by atoms with van der Waals surface area (Å²) in [5, 5.41) is 7.74. The molecule has 0 fully saturated rings. The van der Waals surface area contributed by atoms with Crippen LogP contribution in [0.3, 0.4) is 0 Å². The molecule has 1 N–H and O–H groups in total. The average Bonchev–Trinajstić information content (AvgIpc) is 3.01. The van der Waals surface area contributed by atoms with Crippen LogP contribution in [0.1, 0.15) is 19.3 Å². The number of carbonyl (C=O) groups excluding carboxylic acids is 2. The number of nitrogens with zero attached hydrogens (tertiary/aromatic N) is 2. The van der Waals surface area contributed by atoms with Crippen molar-refractivity contribution in [3.8, 4) is 11.3 Å². The molecule has 0 aliphatic heterocycles. The molecule has 1 amide bonds. The molecule has 0 unspecified atom stereocenters. The predicted octanol–water partition coefficient (Wildman–Crippen LogP) is 3.58. The molecule has 7 heteroatoms. The van der Waals surface area contributed by atoms with Crippen LogP contribution in [0.15, 0.2) is 42.5 Å². The minimum absolute atomic E-state index is 0.152. The Morgan fingerprint density at radius 1 is 1.31 bits per heavy atom. The summed E-state index contributed by atoms with van der Waals surface area (Å²) in [4.78, 5) is 24.1. The Bertz CT molecular complexity index is 827. The maximum atomic E-state index is 12.1. The number of aryl methyl sites for hydroxylation is 1. The second kappa shape index (κ2) is 8.19. The van der Waals surface area contributed by atoms with Crippen molar-refractivity contribution in [2.45, 2.75) is 19.3 Å². The van der Waals surface area contributed by atoms with Crippen LogP contribution in [0, 0.1) is 5.92 Å². The number of benzene rings is 1. The Labute approximate surface area is 156 Å². The molecule has 1 heterocycles. The van der Waals surface area contributed by atoms with Gasteiger partial charge in [-0.2, -0.15) is 5.10 Å². The third kappa shape index (κ3) is 4.52. The van der Waals surface area contributed by atoms with Crippen LogP contribution in [0.5, 0.6) is 0 Å². The third-order valence-corrected chi connectivity index (χ3v) is 4.49. The number of rotatable bonds is 5. The molecule has 6 nitrogen and oxygen atoms in total. The van der Waals surface area contributed by atoms with E-state index in [2.05, 4.69) is 16.5 Å². The van der Waals surface area contributed by atoms with Crippen LogP contribution in [0.4, 0.5) is 5.82 Å². The fourth-order valence-electron chi connectivity index (χ4n) is 2.79. The number of hydrogen-bond donors (Lipinski definition) is 1. The molecule has 1 aromatic heterocycles. The Morgan fingerprint density at radius 2 is 2.08 bits per heavy atom. The number of nitrogens with one attached hydrogen (secondary N) is 1. The van der Waals surface area contributed by atoms with E-state index in [1.165, 1.54) is 0 Å². The fraction of sp³-hybridized carbons (Fsp3) is 0.316. The highest BCUT2D eigenvalue weighted by Gasteiger charge is 2.21. The highest BCUT2D eigenvalue weighted by Crippen LogP contribution is 2.23. The summed E-state index contributed by atoms with van der Waals surface area (Å²) < 4.78 is 6.70. The summed E-state index contributed by atoms with van der Waals surface area (Å²) in [7, 11) is 1.73. The summed E-state index contributed by atoms with van der Waals surface area (Å²) in [5.41, 5.74) is 1.60. The van der Waals surface area contributed by atoms with Crippen LogP contribution in [0.25, 0.3) is 11.3 Å². The van der Waals surface area contributed by atoms with E-state index >= 15 is 0 Å². The standard InChI is InChI=1S/C19H20ClN3O3/c1-23-17(11-16(22-23)13-7-9-15(20)10-8-13)21-18(24)12-26-19(25)14-5-3-2-4-6-14/h2-3,7-11,14H,4-6,12H2,1H3,(H,21,24)/t14-/m1/s1. The predicted molar refractivity (Wildman–Crippen MR) is 99.7 cm³/mol. The van der Waals surface area contributed by atoms with Gasteiger partial charge in [0.25, 0.3) is 5.91 Å². The van der Waals surface area contributed by atoms with Gasteiger partial charge in [-0.1, -0.05) is 35.9 Å². The van der Waals surface area contributed by atoms with Gasteiger partial charge in [0.15, 0.2) is 6.61 Å². The van der Waals surface area contributed by atoms with Crippen molar-refractivity contribution in [1.82, 2.24) is 9.78 Å². The molecule has 1 atom stereocenters. The zero-order valence-electron chi connectivity index (χ0n) is 14.4. The van der Waals surface area contributed by atoms with Gasteiger partial charge in [-0.25, -0.2) is 0 Å². The van der Waals surface area contributed by atoms with Crippen molar-refractivity contribution < 1.29 is 14.3 Å². The molecule has 136 valence electrons. The molecule has 0 saturated heterocycles. The number of halogens is 1. The first-order valence-electron chi connectivity index (χ1n) is 8.44. The fourth-order valence-corrected chi connectivity index (χ4v) is 2.91. The first kappa shape index (κ1) is 18.2. The highest BCUT2D eigenvalue weighted by molar-refractivity contribution is 6.30. The van der Waals surface area contributed by atoms with Gasteiger partial charge in [0.05, 0.1) is 11.6 Å². The zero-order valence-corrected chi connectivity index (χ0v) is 15.2. The summed E-state index contributed by atoms with van der Waals surface area (Å²) >= 11 is 5.89. The van der Waals surface area contributed by atoms with Crippen molar-refractivity contribution in [2.24, 2.45) is 13.0 Å². The first-order chi connectivity index (χ1) is 12.5. The molecule has 0 saturated carbocycles. The van der Waals surface area contributed by atoms with E-state index in [1.54, 1.807) is 29.9 Å². The van der Waals surface area contributed by atoms with Crippen molar-refractivity contribution in [1.29, 1.82) is 0 Å². The monoisotopic (exact) mass is 373 g/mol. The Kier molecular flexibility index (Phi) is 5.73. The van der Waals surface area contributed by atoms with Crippen LogP contribution in [-0.4, -0.2) is 28.3 Å². The molecular formula is C19H20ClN3O3. The SMILES string of the molecule is Cn1nc(-c2ccc(Cl)cc2)cc1NC(=O)COC(=O)[C@@H]1CC=CCC1. The molecule has 1 aromatic carbocycles. The van der Waals surface area contributed by atoms with Gasteiger partial charge in [0, 0.05) is 23.7 Å². The van der Waals surface area contributed by atoms with Gasteiger partial charge in [-0.05, 0) is 31.4 Å². The molecule has 2 aromatic rings. The average molecular weight is 374 g/mol. The maximum absolute atomic E-state index is 12.1. The summed E-state index contributed by atoms with van der Waals surface area (Å²) in [6, 6.07) is 9.04. The van der Waals surface area contributed by atoms with E-state index < -0.39 is 5.91 Å². The second-order valence-electron chi connectivity index (χ2n) is 6.18. The Morgan fingerprint density at radius 3 is 2.77 bits per heavy atom. The number of anilines is 1. The summed E-state index contributed by atoms with van der Waals surface area (Å²) in [6.45, 7) is -0.305. The molecule has 1 aliphatic rings. The first-order valence-corrected chi connectivity index (χ1v) is 8.82. The van der Waals surface area contributed by atoms with Gasteiger partial charge in [-0.3, -0.25) is 14.3 Å². The van der Waals surface area contributed by atoms with E-state index in [1.807, 2.05) is 18.2 Å². The van der Waals surface area contributed by atoms with Crippen LogP contribution in [0.2, 0.25) is 5.02 Å². The van der Waals surface area contributed by atoms with Crippen molar-refractivity contribution in [3.63, 3.8) is 0 Å². The minimum Gasteiger partial charge on any atom is -0.455 e. The van der Waals surface area contributed by atoms with E-state index in [0.717, 1.165) is 18.4 Å². The number of hydrogen-bond acceptors (Lipinski definition) is 4. The van der Waals surface area contributed by atoms with Gasteiger partial charge >= 0.3 is 5.97 Å². The lowest BCUT2D eigenvalue weighted by Gasteiger charge is -2.16. The number of allylic oxidation sites excluding steroid dienone is 2. The maximum Gasteiger partial charge on any atom is 0.309 e. The van der Waals surface area contributed by atoms with Gasteiger partial charge < -0.3 is 10.1 Å². The number of amides is 1. The number of esters is 1. The van der Waals surface area contributed by atoms with Crippen molar-refractivity contribution >= 4 is 29.3 Å². The molecule has 0 bridgehead atoms. The van der Waals surface area contributed by atoms with Crippen molar-refractivity contribution in [3.05, 3.63) is 47.5 Å². The van der Waals surface area contributed by atoms with E-state index in [-0.39, 0.29) is 18.5 Å². The number of carbonyl (C=O) groups is 2. The largest absolute Gasteiger partial charge is 0.455 e. The molecule has 0 spiro atoms. The topological polar surface area (TPSA) is 73.2 Å². The lowest BCUT2D eigenvalue weighted by atomic mass is 9.95. The lowest BCUT2D eigenvalue weighted by molar-refractivity contribution is -0.151. The molecule has 26 heavy (non-hydrogen) atoms. The summed E-state index contributed by atoms with van der Waals surface area (Å²) in [5.74, 6) is -0.343. The quantitative estimate of drug-likeness (QED) is 0.642. The number of ether oxygens (including phenoxy) is 1. The normalized spacial score (nSPS) is 16.3. The van der Waals surface area contributed by atoms with Crippen LogP contribution in [-0.2, 0) is 21.4 Å². The van der Waals surface area contributed by atoms with Gasteiger partial charge in [-0.15, -0.1) is 0 Å². The molecule has 0 radical (unpaired) electrons. The van der Waals surface area contributed by atoms with E-state index in [4.69, 9.17) is 16.3 Å². The third-order valence-electron chi connectivity index (χ3n) is 4.24. The Hall–Kier alpha value is -2.60.